The number of aromatic nitrogens is 1. The van der Waals surface area contributed by atoms with Gasteiger partial charge in [-0.05, 0) is 36.8 Å². The summed E-state index contributed by atoms with van der Waals surface area (Å²) in [5.41, 5.74) is 5.88. The highest BCUT2D eigenvalue weighted by molar-refractivity contribution is 5.86. The van der Waals surface area contributed by atoms with Crippen molar-refractivity contribution in [3.63, 3.8) is 0 Å². The lowest BCUT2D eigenvalue weighted by Gasteiger charge is -2.11. The van der Waals surface area contributed by atoms with Crippen molar-refractivity contribution in [2.45, 2.75) is 19.9 Å². The number of rotatable bonds is 10. The number of hydrogen-bond donors (Lipinski definition) is 3. The quantitative estimate of drug-likeness (QED) is 0.517. The normalized spacial score (nSPS) is 9.45. The average molecular weight is 445 g/mol. The van der Waals surface area contributed by atoms with Crippen molar-refractivity contribution in [3.8, 4) is 17.4 Å². The molecular weight excluding hydrogens is 419 g/mol. The van der Waals surface area contributed by atoms with Crippen LogP contribution in [0.1, 0.15) is 18.9 Å². The van der Waals surface area contributed by atoms with Gasteiger partial charge < -0.3 is 25.8 Å². The second-order valence-corrected chi connectivity index (χ2v) is 5.65. The molecule has 0 fully saturated rings. The molecule has 0 radical (unpaired) electrons. The van der Waals surface area contributed by atoms with Gasteiger partial charge in [-0.25, -0.2) is 4.98 Å². The van der Waals surface area contributed by atoms with Gasteiger partial charge in [0.05, 0.1) is 19.7 Å². The molecule has 1 aromatic heterocycles. The molecule has 10 heteroatoms. The van der Waals surface area contributed by atoms with E-state index in [1.54, 1.807) is 30.5 Å². The molecular formula is C19H26Cl2N4O4. The number of halogens is 2. The second-order valence-electron chi connectivity index (χ2n) is 5.65. The fourth-order valence-corrected chi connectivity index (χ4v) is 2.09. The molecule has 0 saturated heterocycles. The minimum atomic E-state index is -0.387. The zero-order valence-electron chi connectivity index (χ0n) is 16.1. The number of hydrogen-bond acceptors (Lipinski definition) is 6. The van der Waals surface area contributed by atoms with E-state index < -0.39 is 0 Å². The van der Waals surface area contributed by atoms with Crippen LogP contribution in [0.4, 0.5) is 0 Å². The first kappa shape index (κ1) is 26.4. The fraction of sp³-hybridized carbons (Fsp3) is 0.316. The SMILES string of the molecule is CCCOc1ccc(Oc2ncccc2CNC(=O)CNC(=O)CN)cc1.Cl.Cl. The Kier molecular flexibility index (Phi) is 13.2. The minimum Gasteiger partial charge on any atom is -0.494 e. The summed E-state index contributed by atoms with van der Waals surface area (Å²) in [5.74, 6) is 1.06. The van der Waals surface area contributed by atoms with Crippen LogP contribution in [0.5, 0.6) is 17.4 Å². The lowest BCUT2D eigenvalue weighted by molar-refractivity contribution is -0.125. The Hall–Kier alpha value is -2.55. The van der Waals surface area contributed by atoms with Crippen LogP contribution >= 0.6 is 24.8 Å². The van der Waals surface area contributed by atoms with Gasteiger partial charge >= 0.3 is 0 Å². The highest BCUT2D eigenvalue weighted by atomic mass is 35.5. The fourth-order valence-electron chi connectivity index (χ4n) is 2.09. The number of ether oxygens (including phenoxy) is 2. The van der Waals surface area contributed by atoms with Gasteiger partial charge in [-0.3, -0.25) is 9.59 Å². The average Bonchev–Trinajstić information content (AvgIpc) is 2.70. The summed E-state index contributed by atoms with van der Waals surface area (Å²) in [7, 11) is 0. The Labute approximate surface area is 182 Å². The third-order valence-corrected chi connectivity index (χ3v) is 3.47. The van der Waals surface area contributed by atoms with Gasteiger partial charge in [0.2, 0.25) is 17.7 Å². The Morgan fingerprint density at radius 2 is 1.72 bits per heavy atom. The van der Waals surface area contributed by atoms with Crippen LogP contribution in [0.15, 0.2) is 42.6 Å². The van der Waals surface area contributed by atoms with Gasteiger partial charge in [-0.2, -0.15) is 0 Å². The molecule has 1 aromatic carbocycles. The van der Waals surface area contributed by atoms with Crippen molar-refractivity contribution >= 4 is 36.6 Å². The molecule has 0 unspecified atom stereocenters. The van der Waals surface area contributed by atoms with E-state index >= 15 is 0 Å². The summed E-state index contributed by atoms with van der Waals surface area (Å²) < 4.78 is 11.4. The molecule has 0 aliphatic carbocycles. The molecule has 0 spiro atoms. The van der Waals surface area contributed by atoms with Gasteiger partial charge in [0.25, 0.3) is 0 Å². The van der Waals surface area contributed by atoms with Crippen molar-refractivity contribution < 1.29 is 19.1 Å². The van der Waals surface area contributed by atoms with E-state index in [-0.39, 0.29) is 56.3 Å². The molecule has 0 saturated carbocycles. The zero-order valence-corrected chi connectivity index (χ0v) is 17.7. The number of nitrogens with two attached hydrogens (primary N) is 1. The van der Waals surface area contributed by atoms with E-state index in [0.29, 0.717) is 23.8 Å². The number of carbonyl (C=O) groups is 2. The first-order valence-electron chi connectivity index (χ1n) is 8.70. The third kappa shape index (κ3) is 9.47. The van der Waals surface area contributed by atoms with Gasteiger partial charge in [0.1, 0.15) is 11.5 Å². The number of pyridine rings is 1. The number of amides is 2. The number of nitrogens with one attached hydrogen (secondary N) is 2. The molecule has 2 aromatic rings. The smallest absolute Gasteiger partial charge is 0.239 e. The monoisotopic (exact) mass is 444 g/mol. The summed E-state index contributed by atoms with van der Waals surface area (Å²) in [4.78, 5) is 27.1. The Morgan fingerprint density at radius 3 is 2.38 bits per heavy atom. The van der Waals surface area contributed by atoms with Crippen LogP contribution in [0.2, 0.25) is 0 Å². The van der Waals surface area contributed by atoms with E-state index in [1.807, 2.05) is 19.1 Å². The summed E-state index contributed by atoms with van der Waals surface area (Å²) in [6.07, 6.45) is 2.55. The summed E-state index contributed by atoms with van der Waals surface area (Å²) in [5, 5.41) is 5.11. The number of benzene rings is 1. The van der Waals surface area contributed by atoms with E-state index in [1.165, 1.54) is 0 Å². The lowest BCUT2D eigenvalue weighted by Crippen LogP contribution is -2.39. The predicted octanol–water partition coefficient (Wildman–Crippen LogP) is 2.20. The summed E-state index contributed by atoms with van der Waals surface area (Å²) in [6.45, 7) is 2.64. The van der Waals surface area contributed by atoms with Crippen molar-refractivity contribution in [2.24, 2.45) is 5.73 Å². The summed E-state index contributed by atoms with van der Waals surface area (Å²) in [6, 6.07) is 10.8. The molecule has 29 heavy (non-hydrogen) atoms. The highest BCUT2D eigenvalue weighted by Gasteiger charge is 2.09. The van der Waals surface area contributed by atoms with E-state index in [0.717, 1.165) is 12.2 Å². The van der Waals surface area contributed by atoms with E-state index in [2.05, 4.69) is 15.6 Å². The topological polar surface area (TPSA) is 116 Å². The van der Waals surface area contributed by atoms with Gasteiger partial charge in [0.15, 0.2) is 0 Å². The zero-order chi connectivity index (χ0) is 19.5. The lowest BCUT2D eigenvalue weighted by atomic mass is 10.2. The van der Waals surface area contributed by atoms with Crippen LogP contribution in [0.25, 0.3) is 0 Å². The standard InChI is InChI=1S/C19H24N4O4.2ClH/c1-2-10-26-15-5-7-16(8-6-15)27-19-14(4-3-9-21-19)12-22-18(25)13-23-17(24)11-20;;/h3-9H,2,10-13,20H2,1H3,(H,22,25)(H,23,24);2*1H. The Bertz CT molecular complexity index is 760. The van der Waals surface area contributed by atoms with Gasteiger partial charge in [-0.1, -0.05) is 13.0 Å². The van der Waals surface area contributed by atoms with E-state index in [4.69, 9.17) is 15.2 Å². The maximum atomic E-state index is 11.8. The first-order chi connectivity index (χ1) is 13.1. The Balaban J connectivity index is 0.00000392. The molecule has 0 bridgehead atoms. The van der Waals surface area contributed by atoms with Crippen molar-refractivity contribution in [1.82, 2.24) is 15.6 Å². The summed E-state index contributed by atoms with van der Waals surface area (Å²) >= 11 is 0. The van der Waals surface area contributed by atoms with Gasteiger partial charge in [0, 0.05) is 18.3 Å². The van der Waals surface area contributed by atoms with Crippen LogP contribution in [0, 0.1) is 0 Å². The van der Waals surface area contributed by atoms with Crippen LogP contribution < -0.4 is 25.8 Å². The maximum absolute atomic E-state index is 11.8. The molecule has 0 aliphatic heterocycles. The Morgan fingerprint density at radius 1 is 1.03 bits per heavy atom. The maximum Gasteiger partial charge on any atom is 0.239 e. The van der Waals surface area contributed by atoms with E-state index in [9.17, 15) is 9.59 Å². The first-order valence-corrected chi connectivity index (χ1v) is 8.70. The molecule has 2 rings (SSSR count). The molecule has 8 nitrogen and oxygen atoms in total. The second kappa shape index (κ2) is 14.4. The molecule has 0 aliphatic rings. The van der Waals surface area contributed by atoms with Crippen molar-refractivity contribution in [1.29, 1.82) is 0 Å². The molecule has 2 amide bonds. The highest BCUT2D eigenvalue weighted by Crippen LogP contribution is 2.25. The predicted molar refractivity (Wildman–Crippen MR) is 115 cm³/mol. The minimum absolute atomic E-state index is 0. The molecule has 0 atom stereocenters. The van der Waals surface area contributed by atoms with Crippen molar-refractivity contribution in [2.75, 3.05) is 19.7 Å². The van der Waals surface area contributed by atoms with Crippen LogP contribution in [-0.4, -0.2) is 36.5 Å². The van der Waals surface area contributed by atoms with Crippen LogP contribution in [-0.2, 0) is 16.1 Å². The third-order valence-electron chi connectivity index (χ3n) is 3.47. The van der Waals surface area contributed by atoms with Crippen LogP contribution in [0.3, 0.4) is 0 Å². The molecule has 4 N–H and O–H groups in total. The molecule has 160 valence electrons. The number of carbonyl (C=O) groups excluding carboxylic acids is 2. The van der Waals surface area contributed by atoms with Crippen molar-refractivity contribution in [3.05, 3.63) is 48.2 Å². The largest absolute Gasteiger partial charge is 0.494 e. The molecule has 1 heterocycles. The van der Waals surface area contributed by atoms with Gasteiger partial charge in [-0.15, -0.1) is 24.8 Å². The number of nitrogens with zero attached hydrogens (tertiary/aromatic N) is 1.